The van der Waals surface area contributed by atoms with E-state index in [0.717, 1.165) is 11.8 Å². The zero-order valence-electron chi connectivity index (χ0n) is 8.69. The van der Waals surface area contributed by atoms with Gasteiger partial charge < -0.3 is 5.11 Å². The Hall–Kier alpha value is -1.73. The zero-order chi connectivity index (χ0) is 12.0. The Morgan fingerprint density at radius 3 is 2.88 bits per heavy atom. The summed E-state index contributed by atoms with van der Waals surface area (Å²) >= 11 is 1.13. The molecule has 1 aromatic rings. The van der Waals surface area contributed by atoms with E-state index in [1.54, 1.807) is 6.07 Å². The summed E-state index contributed by atoms with van der Waals surface area (Å²) in [5, 5.41) is 9.40. The fourth-order valence-corrected chi connectivity index (χ4v) is 1.34. The van der Waals surface area contributed by atoms with Crippen molar-refractivity contribution in [1.29, 1.82) is 0 Å². The number of phenolic OH excluding ortho intramolecular Hbond substituents is 1. The Labute approximate surface area is 97.9 Å². The lowest BCUT2D eigenvalue weighted by Crippen LogP contribution is -1.84. The van der Waals surface area contributed by atoms with Gasteiger partial charge in [0.1, 0.15) is 5.75 Å². The summed E-state index contributed by atoms with van der Waals surface area (Å²) in [5.41, 5.74) is 0.857. The van der Waals surface area contributed by atoms with Crippen molar-refractivity contribution in [2.45, 2.75) is 6.92 Å². The van der Waals surface area contributed by atoms with Gasteiger partial charge in [0.2, 0.25) is 0 Å². The smallest absolute Gasteiger partial charge is 0.186 e. The molecule has 16 heavy (non-hydrogen) atoms. The van der Waals surface area contributed by atoms with Crippen LogP contribution >= 0.6 is 11.8 Å². The van der Waals surface area contributed by atoms with Crippen molar-refractivity contribution >= 4 is 23.2 Å². The Bertz CT molecular complexity index is 469. The molecule has 0 saturated carbocycles. The van der Waals surface area contributed by atoms with Crippen LogP contribution in [0.4, 0.5) is 0 Å². The van der Waals surface area contributed by atoms with Crippen molar-refractivity contribution in [3.63, 3.8) is 0 Å². The monoisotopic (exact) mass is 234 g/mol. The fourth-order valence-electron chi connectivity index (χ4n) is 0.997. The molecule has 0 aliphatic carbocycles. The Balaban J connectivity index is 2.71. The third-order valence-electron chi connectivity index (χ3n) is 1.74. The molecule has 0 spiro atoms. The van der Waals surface area contributed by atoms with Gasteiger partial charge in [-0.1, -0.05) is 23.6 Å². The van der Waals surface area contributed by atoms with Gasteiger partial charge in [-0.05, 0) is 18.2 Å². The highest BCUT2D eigenvalue weighted by atomic mass is 32.2. The highest BCUT2D eigenvalue weighted by Crippen LogP contribution is 2.16. The van der Waals surface area contributed by atoms with E-state index < -0.39 is 0 Å². The summed E-state index contributed by atoms with van der Waals surface area (Å²) < 4.78 is 0. The van der Waals surface area contributed by atoms with E-state index in [9.17, 15) is 14.7 Å². The van der Waals surface area contributed by atoms with Crippen LogP contribution in [0.2, 0.25) is 0 Å². The van der Waals surface area contributed by atoms with Gasteiger partial charge in [-0.2, -0.15) is 0 Å². The molecule has 1 rings (SSSR count). The summed E-state index contributed by atoms with van der Waals surface area (Å²) in [4.78, 5) is 21.0. The van der Waals surface area contributed by atoms with Crippen molar-refractivity contribution in [2.75, 3.05) is 5.75 Å². The van der Waals surface area contributed by atoms with Crippen LogP contribution in [0.5, 0.6) is 5.75 Å². The summed E-state index contributed by atoms with van der Waals surface area (Å²) in [6.45, 7) is 1.48. The summed E-state index contributed by atoms with van der Waals surface area (Å²) in [6, 6.07) is 4.58. The number of aromatic hydroxyl groups is 1. The second-order valence-corrected chi connectivity index (χ2v) is 4.13. The van der Waals surface area contributed by atoms with Gasteiger partial charge in [0.05, 0.1) is 11.3 Å². The quantitative estimate of drug-likeness (QED) is 0.626. The molecular formula is C12H10O3S. The highest BCUT2D eigenvalue weighted by molar-refractivity contribution is 8.13. The predicted octanol–water partition coefficient (Wildman–Crippen LogP) is 1.84. The summed E-state index contributed by atoms with van der Waals surface area (Å²) in [7, 11) is 0. The largest absolute Gasteiger partial charge is 0.507 e. The molecule has 0 aliphatic rings. The second kappa shape index (κ2) is 5.99. The lowest BCUT2D eigenvalue weighted by molar-refractivity contribution is -0.109. The van der Waals surface area contributed by atoms with Gasteiger partial charge in [0.15, 0.2) is 11.4 Å². The maximum absolute atomic E-state index is 10.6. The van der Waals surface area contributed by atoms with Gasteiger partial charge in [-0.25, -0.2) is 0 Å². The predicted molar refractivity (Wildman–Crippen MR) is 63.5 cm³/mol. The third-order valence-corrected chi connectivity index (χ3v) is 2.43. The van der Waals surface area contributed by atoms with Crippen molar-refractivity contribution in [1.82, 2.24) is 0 Å². The minimum Gasteiger partial charge on any atom is -0.507 e. The number of rotatable bonds is 2. The van der Waals surface area contributed by atoms with Gasteiger partial charge in [-0.15, -0.1) is 0 Å². The molecule has 0 radical (unpaired) electrons. The molecule has 1 aromatic carbocycles. The lowest BCUT2D eigenvalue weighted by atomic mass is 10.1. The molecule has 0 aromatic heterocycles. The van der Waals surface area contributed by atoms with E-state index in [-0.39, 0.29) is 16.4 Å². The van der Waals surface area contributed by atoms with Gasteiger partial charge in [-0.3, -0.25) is 9.59 Å². The van der Waals surface area contributed by atoms with Crippen LogP contribution in [0, 0.1) is 11.8 Å². The first-order chi connectivity index (χ1) is 7.63. The highest BCUT2D eigenvalue weighted by Gasteiger charge is 1.99. The first kappa shape index (κ1) is 12.3. The summed E-state index contributed by atoms with van der Waals surface area (Å²) in [6.07, 6.45) is 0.581. The van der Waals surface area contributed by atoms with Gasteiger partial charge in [0, 0.05) is 12.5 Å². The molecule has 1 N–H and O–H groups in total. The molecule has 4 heteroatoms. The van der Waals surface area contributed by atoms with Crippen molar-refractivity contribution in [3.8, 4) is 17.6 Å². The van der Waals surface area contributed by atoms with Crippen LogP contribution in [0.15, 0.2) is 18.2 Å². The minimum atomic E-state index is -0.0824. The number of benzene rings is 1. The van der Waals surface area contributed by atoms with Gasteiger partial charge in [0.25, 0.3) is 0 Å². The third kappa shape index (κ3) is 3.79. The molecule has 0 unspecified atom stereocenters. The van der Waals surface area contributed by atoms with Crippen molar-refractivity contribution in [3.05, 3.63) is 29.3 Å². The maximum atomic E-state index is 10.6. The average molecular weight is 234 g/mol. The molecule has 0 amide bonds. The molecule has 0 heterocycles. The van der Waals surface area contributed by atoms with E-state index >= 15 is 0 Å². The Morgan fingerprint density at radius 1 is 1.56 bits per heavy atom. The first-order valence-electron chi connectivity index (χ1n) is 4.54. The number of hydrogen-bond acceptors (Lipinski definition) is 4. The summed E-state index contributed by atoms with van der Waals surface area (Å²) in [5.74, 6) is 5.92. The number of thioether (sulfide) groups is 1. The van der Waals surface area contributed by atoms with E-state index in [0.29, 0.717) is 17.6 Å². The van der Waals surface area contributed by atoms with Crippen LogP contribution in [0.25, 0.3) is 0 Å². The SMILES string of the molecule is CC(=O)SCC#Cc1ccc(C=O)c(O)c1. The number of phenols is 1. The van der Waals surface area contributed by atoms with E-state index in [4.69, 9.17) is 0 Å². The Kier molecular flexibility index (Phi) is 4.62. The zero-order valence-corrected chi connectivity index (χ0v) is 9.50. The van der Waals surface area contributed by atoms with Crippen LogP contribution < -0.4 is 0 Å². The number of hydrogen-bond donors (Lipinski definition) is 1. The second-order valence-electron chi connectivity index (χ2n) is 2.97. The first-order valence-corrected chi connectivity index (χ1v) is 5.52. The number of carbonyl (C=O) groups is 2. The van der Waals surface area contributed by atoms with Gasteiger partial charge >= 0.3 is 0 Å². The molecule has 3 nitrogen and oxygen atoms in total. The minimum absolute atomic E-state index is 0.0217. The van der Waals surface area contributed by atoms with Crippen molar-refractivity contribution < 1.29 is 14.7 Å². The van der Waals surface area contributed by atoms with Crippen molar-refractivity contribution in [2.24, 2.45) is 0 Å². The maximum Gasteiger partial charge on any atom is 0.186 e. The normalized spacial score (nSPS) is 9.06. The van der Waals surface area contributed by atoms with E-state index in [1.807, 2.05) is 0 Å². The van der Waals surface area contributed by atoms with Crippen LogP contribution in [0.1, 0.15) is 22.8 Å². The fraction of sp³-hybridized carbons (Fsp3) is 0.167. The van der Waals surface area contributed by atoms with E-state index in [2.05, 4.69) is 11.8 Å². The van der Waals surface area contributed by atoms with E-state index in [1.165, 1.54) is 19.1 Å². The molecule has 0 aliphatic heterocycles. The van der Waals surface area contributed by atoms with Crippen LogP contribution in [-0.4, -0.2) is 22.3 Å². The van der Waals surface area contributed by atoms with Crippen LogP contribution in [0.3, 0.4) is 0 Å². The molecule has 0 fully saturated rings. The Morgan fingerprint density at radius 2 is 2.31 bits per heavy atom. The topological polar surface area (TPSA) is 54.4 Å². The standard InChI is InChI=1S/C12H10O3S/c1-9(14)16-6-2-3-10-4-5-11(8-13)12(15)7-10/h4-5,7-8,15H,6H2,1H3. The number of carbonyl (C=O) groups excluding carboxylic acids is 2. The molecule has 0 saturated heterocycles. The molecule has 0 bridgehead atoms. The molecule has 0 atom stereocenters. The molecular weight excluding hydrogens is 224 g/mol. The van der Waals surface area contributed by atoms with Crippen LogP contribution in [-0.2, 0) is 4.79 Å². The number of aldehydes is 1. The average Bonchev–Trinajstić information content (AvgIpc) is 2.24. The molecule has 82 valence electrons. The lowest BCUT2D eigenvalue weighted by Gasteiger charge is -1.96.